The summed E-state index contributed by atoms with van der Waals surface area (Å²) in [5, 5.41) is 2.91. The molecule has 0 fully saturated rings. The van der Waals surface area contributed by atoms with E-state index in [4.69, 9.17) is 4.74 Å². The molecule has 128 valence electrons. The van der Waals surface area contributed by atoms with Crippen molar-refractivity contribution in [2.75, 3.05) is 7.11 Å². The molecule has 0 spiro atoms. The van der Waals surface area contributed by atoms with Crippen molar-refractivity contribution in [3.8, 4) is 5.75 Å². The van der Waals surface area contributed by atoms with Crippen molar-refractivity contribution >= 4 is 5.91 Å². The van der Waals surface area contributed by atoms with Crippen LogP contribution in [0.1, 0.15) is 21.7 Å². The van der Waals surface area contributed by atoms with Crippen LogP contribution in [-0.4, -0.2) is 22.6 Å². The molecule has 0 aliphatic heterocycles. The summed E-state index contributed by atoms with van der Waals surface area (Å²) in [5.41, 5.74) is 1.88. The number of carbonyl (C=O) groups excluding carboxylic acids is 1. The molecule has 3 rings (SSSR count). The quantitative estimate of drug-likeness (QED) is 0.722. The molecule has 3 aromatic rings. The molecule has 0 radical (unpaired) electrons. The Morgan fingerprint density at radius 3 is 2.60 bits per heavy atom. The number of aromatic nitrogens is 2. The Balaban J connectivity index is 1.56. The molecule has 0 unspecified atom stereocenters. The van der Waals surface area contributed by atoms with Gasteiger partial charge in [-0.2, -0.15) is 0 Å². The van der Waals surface area contributed by atoms with Crippen LogP contribution in [0.4, 0.5) is 0 Å². The zero-order valence-corrected chi connectivity index (χ0v) is 14.2. The average molecular weight is 335 g/mol. The third-order valence-corrected chi connectivity index (χ3v) is 4.05. The lowest BCUT2D eigenvalue weighted by atomic mass is 10.1. The van der Waals surface area contributed by atoms with Gasteiger partial charge >= 0.3 is 0 Å². The average Bonchev–Trinajstić information content (AvgIpc) is 3.13. The predicted octanol–water partition coefficient (Wildman–Crippen LogP) is 3.06. The minimum Gasteiger partial charge on any atom is -0.497 e. The van der Waals surface area contributed by atoms with Crippen molar-refractivity contribution in [1.82, 2.24) is 14.9 Å². The predicted molar refractivity (Wildman–Crippen MR) is 96.5 cm³/mol. The molecule has 0 aliphatic rings. The van der Waals surface area contributed by atoms with Gasteiger partial charge in [0.05, 0.1) is 13.7 Å². The lowest BCUT2D eigenvalue weighted by Crippen LogP contribution is -2.24. The summed E-state index contributed by atoms with van der Waals surface area (Å²) in [5.74, 6) is 1.45. The van der Waals surface area contributed by atoms with Gasteiger partial charge in [-0.15, -0.1) is 0 Å². The van der Waals surface area contributed by atoms with E-state index in [1.165, 1.54) is 5.56 Å². The van der Waals surface area contributed by atoms with Crippen molar-refractivity contribution in [2.45, 2.75) is 19.5 Å². The first-order valence-electron chi connectivity index (χ1n) is 8.22. The molecular formula is C20H21N3O2. The first kappa shape index (κ1) is 16.8. The zero-order valence-electron chi connectivity index (χ0n) is 14.2. The fourth-order valence-corrected chi connectivity index (χ4v) is 2.61. The van der Waals surface area contributed by atoms with Crippen LogP contribution in [0.3, 0.4) is 0 Å². The van der Waals surface area contributed by atoms with Gasteiger partial charge < -0.3 is 14.6 Å². The molecule has 0 saturated heterocycles. The van der Waals surface area contributed by atoms with Crippen LogP contribution in [0.5, 0.6) is 5.75 Å². The molecule has 25 heavy (non-hydrogen) atoms. The zero-order chi connectivity index (χ0) is 17.5. The van der Waals surface area contributed by atoms with E-state index < -0.39 is 0 Å². The lowest BCUT2D eigenvalue weighted by molar-refractivity contribution is 0.0949. The molecule has 0 aliphatic carbocycles. The number of hydrogen-bond donors (Lipinski definition) is 1. The van der Waals surface area contributed by atoms with Gasteiger partial charge in [-0.05, 0) is 36.2 Å². The second kappa shape index (κ2) is 8.15. The fourth-order valence-electron chi connectivity index (χ4n) is 2.61. The van der Waals surface area contributed by atoms with Crippen LogP contribution in [0.15, 0.2) is 67.0 Å². The number of benzene rings is 2. The van der Waals surface area contributed by atoms with Crippen LogP contribution in [0.25, 0.3) is 0 Å². The maximum Gasteiger partial charge on any atom is 0.251 e. The van der Waals surface area contributed by atoms with Gasteiger partial charge in [-0.25, -0.2) is 4.98 Å². The highest BCUT2D eigenvalue weighted by Crippen LogP contribution is 2.11. The molecular weight excluding hydrogens is 314 g/mol. The number of ether oxygens (including phenoxy) is 1. The number of rotatable bonds is 7. The first-order chi connectivity index (χ1) is 12.3. The molecule has 2 aromatic carbocycles. The maximum absolute atomic E-state index is 12.2. The molecule has 0 atom stereocenters. The van der Waals surface area contributed by atoms with E-state index >= 15 is 0 Å². The van der Waals surface area contributed by atoms with Crippen LogP contribution in [0, 0.1) is 0 Å². The third kappa shape index (κ3) is 4.47. The number of hydrogen-bond acceptors (Lipinski definition) is 3. The summed E-state index contributed by atoms with van der Waals surface area (Å²) in [6.07, 6.45) is 4.63. The Kier molecular flexibility index (Phi) is 5.46. The third-order valence-electron chi connectivity index (χ3n) is 4.05. The number of nitrogens with zero attached hydrogens (tertiary/aromatic N) is 2. The van der Waals surface area contributed by atoms with Gasteiger partial charge in [-0.3, -0.25) is 4.79 Å². The van der Waals surface area contributed by atoms with Crippen molar-refractivity contribution < 1.29 is 9.53 Å². The number of methoxy groups -OCH3 is 1. The van der Waals surface area contributed by atoms with Gasteiger partial charge in [0, 0.05) is 24.5 Å². The van der Waals surface area contributed by atoms with E-state index in [0.29, 0.717) is 12.1 Å². The molecule has 0 bridgehead atoms. The monoisotopic (exact) mass is 335 g/mol. The van der Waals surface area contributed by atoms with Gasteiger partial charge in [-0.1, -0.05) is 30.3 Å². The molecule has 1 N–H and O–H groups in total. The summed E-state index contributed by atoms with van der Waals surface area (Å²) in [4.78, 5) is 16.6. The topological polar surface area (TPSA) is 56.1 Å². The second-order valence-electron chi connectivity index (χ2n) is 5.68. The molecule has 1 heterocycles. The van der Waals surface area contributed by atoms with E-state index in [1.807, 2.05) is 24.4 Å². The van der Waals surface area contributed by atoms with Crippen LogP contribution >= 0.6 is 0 Å². The van der Waals surface area contributed by atoms with E-state index in [9.17, 15) is 4.79 Å². The highest BCUT2D eigenvalue weighted by Gasteiger charge is 2.08. The normalized spacial score (nSPS) is 10.4. The van der Waals surface area contributed by atoms with Crippen molar-refractivity contribution in [3.63, 3.8) is 0 Å². The standard InChI is InChI=1S/C20H21N3O2/c1-25-18-9-7-17(8-10-18)20(24)22-15-19-21-12-14-23(19)13-11-16-5-3-2-4-6-16/h2-10,12,14H,11,13,15H2,1H3,(H,22,24). The molecule has 5 nitrogen and oxygen atoms in total. The minimum atomic E-state index is -0.125. The van der Waals surface area contributed by atoms with Crippen LogP contribution in [-0.2, 0) is 19.5 Å². The summed E-state index contributed by atoms with van der Waals surface area (Å²) in [6, 6.07) is 17.4. The Morgan fingerprint density at radius 1 is 1.12 bits per heavy atom. The van der Waals surface area contributed by atoms with Gasteiger partial charge in [0.15, 0.2) is 0 Å². The summed E-state index contributed by atoms with van der Waals surface area (Å²) >= 11 is 0. The second-order valence-corrected chi connectivity index (χ2v) is 5.68. The first-order valence-corrected chi connectivity index (χ1v) is 8.22. The van der Waals surface area contributed by atoms with E-state index in [-0.39, 0.29) is 5.91 Å². The van der Waals surface area contributed by atoms with Crippen molar-refractivity contribution in [2.24, 2.45) is 0 Å². The smallest absolute Gasteiger partial charge is 0.251 e. The number of imidazole rings is 1. The Bertz CT molecular complexity index is 810. The van der Waals surface area contributed by atoms with E-state index in [2.05, 4.69) is 27.0 Å². The number of amides is 1. The summed E-state index contributed by atoms with van der Waals surface area (Å²) in [6.45, 7) is 1.23. The van der Waals surface area contributed by atoms with Crippen LogP contribution in [0.2, 0.25) is 0 Å². The van der Waals surface area contributed by atoms with E-state index in [1.54, 1.807) is 37.6 Å². The van der Waals surface area contributed by atoms with Crippen molar-refractivity contribution in [1.29, 1.82) is 0 Å². The van der Waals surface area contributed by atoms with Gasteiger partial charge in [0.2, 0.25) is 0 Å². The summed E-state index contributed by atoms with van der Waals surface area (Å²) in [7, 11) is 1.60. The Morgan fingerprint density at radius 2 is 1.88 bits per heavy atom. The summed E-state index contributed by atoms with van der Waals surface area (Å²) < 4.78 is 7.17. The molecule has 1 amide bonds. The van der Waals surface area contributed by atoms with E-state index in [0.717, 1.165) is 24.5 Å². The van der Waals surface area contributed by atoms with Crippen molar-refractivity contribution in [3.05, 3.63) is 83.9 Å². The molecule has 5 heteroatoms. The SMILES string of the molecule is COc1ccc(C(=O)NCc2nccn2CCc2ccccc2)cc1. The maximum atomic E-state index is 12.2. The fraction of sp³-hybridized carbons (Fsp3) is 0.200. The number of nitrogens with one attached hydrogen (secondary N) is 1. The highest BCUT2D eigenvalue weighted by atomic mass is 16.5. The number of carbonyl (C=O) groups is 1. The van der Waals surface area contributed by atoms with Gasteiger partial charge in [0.1, 0.15) is 11.6 Å². The highest BCUT2D eigenvalue weighted by molar-refractivity contribution is 5.94. The van der Waals surface area contributed by atoms with Gasteiger partial charge in [0.25, 0.3) is 5.91 Å². The lowest BCUT2D eigenvalue weighted by Gasteiger charge is -2.09. The molecule has 0 saturated carbocycles. The number of aryl methyl sites for hydroxylation is 2. The van der Waals surface area contributed by atoms with Crippen LogP contribution < -0.4 is 10.1 Å². The molecule has 1 aromatic heterocycles. The minimum absolute atomic E-state index is 0.125. The Hall–Kier alpha value is -3.08. The largest absolute Gasteiger partial charge is 0.497 e. The Labute approximate surface area is 147 Å².